The van der Waals surface area contributed by atoms with E-state index in [1.165, 1.54) is 6.92 Å². The number of amides is 1. The maximum atomic E-state index is 12.9. The quantitative estimate of drug-likeness (QED) is 0.871. The zero-order valence-electron chi connectivity index (χ0n) is 12.7. The van der Waals surface area contributed by atoms with Crippen molar-refractivity contribution in [2.75, 3.05) is 5.32 Å². The van der Waals surface area contributed by atoms with Gasteiger partial charge in [-0.1, -0.05) is 6.07 Å². The van der Waals surface area contributed by atoms with Gasteiger partial charge in [0.2, 0.25) is 15.9 Å². The average molecular weight is 350 g/mol. The molecule has 0 atom stereocenters. The van der Waals surface area contributed by atoms with Crippen molar-refractivity contribution in [2.24, 2.45) is 0 Å². The Labute approximate surface area is 140 Å². The second kappa shape index (κ2) is 6.43. The Morgan fingerprint density at radius 2 is 1.96 bits per heavy atom. The minimum atomic E-state index is -3.53. The highest BCUT2D eigenvalue weighted by atomic mass is 32.2. The molecule has 1 heterocycles. The average Bonchev–Trinajstić information content (AvgIpc) is 3.20. The van der Waals surface area contributed by atoms with E-state index >= 15 is 0 Å². The zero-order valence-corrected chi connectivity index (χ0v) is 14.4. The fraction of sp³-hybridized carbons (Fsp3) is 0.312. The third kappa shape index (κ3) is 3.80. The first-order valence-corrected chi connectivity index (χ1v) is 9.70. The second-order valence-corrected chi connectivity index (χ2v) is 8.49. The lowest BCUT2D eigenvalue weighted by Gasteiger charge is -2.21. The molecule has 1 N–H and O–H groups in total. The van der Waals surface area contributed by atoms with Gasteiger partial charge >= 0.3 is 0 Å². The predicted molar refractivity (Wildman–Crippen MR) is 90.8 cm³/mol. The molecular weight excluding hydrogens is 332 g/mol. The van der Waals surface area contributed by atoms with Crippen LogP contribution in [-0.4, -0.2) is 24.7 Å². The van der Waals surface area contributed by atoms with E-state index in [-0.39, 0.29) is 16.8 Å². The van der Waals surface area contributed by atoms with Gasteiger partial charge in [-0.2, -0.15) is 4.31 Å². The Balaban J connectivity index is 1.84. The molecule has 0 aliphatic heterocycles. The molecule has 1 saturated carbocycles. The summed E-state index contributed by atoms with van der Waals surface area (Å²) in [5.74, 6) is -0.182. The van der Waals surface area contributed by atoms with Crippen LogP contribution in [0.3, 0.4) is 0 Å². The lowest BCUT2D eigenvalue weighted by molar-refractivity contribution is -0.114. The van der Waals surface area contributed by atoms with Crippen LogP contribution in [0, 0.1) is 0 Å². The molecule has 0 saturated heterocycles. The number of thiophene rings is 1. The van der Waals surface area contributed by atoms with Crippen LogP contribution >= 0.6 is 11.3 Å². The number of sulfonamides is 1. The van der Waals surface area contributed by atoms with Crippen molar-refractivity contribution >= 4 is 33.0 Å². The van der Waals surface area contributed by atoms with Crippen LogP contribution in [-0.2, 0) is 21.4 Å². The molecule has 0 radical (unpaired) electrons. The number of nitrogens with zero attached hydrogens (tertiary/aromatic N) is 1. The van der Waals surface area contributed by atoms with Crippen molar-refractivity contribution in [1.29, 1.82) is 0 Å². The summed E-state index contributed by atoms with van der Waals surface area (Å²) in [5, 5.41) is 4.59. The Morgan fingerprint density at radius 3 is 2.48 bits per heavy atom. The lowest BCUT2D eigenvalue weighted by Crippen LogP contribution is -2.32. The number of carbonyl (C=O) groups excluding carboxylic acids is 1. The van der Waals surface area contributed by atoms with Crippen molar-refractivity contribution in [3.8, 4) is 0 Å². The minimum Gasteiger partial charge on any atom is -0.326 e. The number of hydrogen-bond donors (Lipinski definition) is 1. The fourth-order valence-electron chi connectivity index (χ4n) is 2.38. The molecule has 0 unspecified atom stereocenters. The summed E-state index contributed by atoms with van der Waals surface area (Å²) in [6, 6.07) is 10.3. The maximum absolute atomic E-state index is 12.9. The Bertz CT molecular complexity index is 779. The third-order valence-electron chi connectivity index (χ3n) is 3.63. The van der Waals surface area contributed by atoms with E-state index in [0.29, 0.717) is 12.2 Å². The lowest BCUT2D eigenvalue weighted by atomic mass is 10.3. The molecular formula is C16H18N2O3S2. The molecule has 3 rings (SSSR count). The normalized spacial score (nSPS) is 14.9. The van der Waals surface area contributed by atoms with Gasteiger partial charge in [-0.25, -0.2) is 8.42 Å². The Kier molecular flexibility index (Phi) is 4.52. The summed E-state index contributed by atoms with van der Waals surface area (Å²) in [5.41, 5.74) is 0.590. The Morgan fingerprint density at radius 1 is 1.26 bits per heavy atom. The molecule has 1 aliphatic carbocycles. The summed E-state index contributed by atoms with van der Waals surface area (Å²) < 4.78 is 27.4. The van der Waals surface area contributed by atoms with Gasteiger partial charge in [0.05, 0.1) is 4.90 Å². The fourth-order valence-corrected chi connectivity index (χ4v) is 4.83. The second-order valence-electron chi connectivity index (χ2n) is 5.57. The molecule has 5 nitrogen and oxygen atoms in total. The number of anilines is 1. The number of benzene rings is 1. The summed E-state index contributed by atoms with van der Waals surface area (Å²) in [6.07, 6.45) is 1.82. The van der Waals surface area contributed by atoms with E-state index in [9.17, 15) is 13.2 Å². The molecule has 1 amide bonds. The van der Waals surface area contributed by atoms with Crippen molar-refractivity contribution in [3.63, 3.8) is 0 Å². The first kappa shape index (κ1) is 16.2. The first-order valence-electron chi connectivity index (χ1n) is 7.39. The topological polar surface area (TPSA) is 66.5 Å². The molecule has 1 fully saturated rings. The molecule has 1 aromatic heterocycles. The van der Waals surface area contributed by atoms with E-state index in [1.807, 2.05) is 17.5 Å². The number of carbonyl (C=O) groups is 1. The van der Waals surface area contributed by atoms with Crippen molar-refractivity contribution < 1.29 is 13.2 Å². The molecule has 2 aromatic rings. The minimum absolute atomic E-state index is 0.0946. The first-order chi connectivity index (χ1) is 11.0. The highest BCUT2D eigenvalue weighted by molar-refractivity contribution is 7.89. The van der Waals surface area contributed by atoms with Crippen LogP contribution < -0.4 is 5.32 Å². The zero-order chi connectivity index (χ0) is 16.4. The number of hydrogen-bond acceptors (Lipinski definition) is 4. The van der Waals surface area contributed by atoms with Gasteiger partial charge in [-0.3, -0.25) is 4.79 Å². The smallest absolute Gasteiger partial charge is 0.243 e. The van der Waals surface area contributed by atoms with Gasteiger partial charge < -0.3 is 5.32 Å². The van der Waals surface area contributed by atoms with Crippen molar-refractivity contribution in [2.45, 2.75) is 37.2 Å². The molecule has 0 spiro atoms. The van der Waals surface area contributed by atoms with Gasteiger partial charge in [0.1, 0.15) is 0 Å². The summed E-state index contributed by atoms with van der Waals surface area (Å²) in [7, 11) is -3.53. The predicted octanol–water partition coefficient (Wildman–Crippen LogP) is 3.06. The highest BCUT2D eigenvalue weighted by Crippen LogP contribution is 2.34. The van der Waals surface area contributed by atoms with E-state index in [2.05, 4.69) is 5.32 Å². The maximum Gasteiger partial charge on any atom is 0.243 e. The van der Waals surface area contributed by atoms with Gasteiger partial charge in [-0.05, 0) is 48.6 Å². The van der Waals surface area contributed by atoms with Crippen LogP contribution in [0.1, 0.15) is 24.6 Å². The summed E-state index contributed by atoms with van der Waals surface area (Å²) in [6.45, 7) is 1.83. The largest absolute Gasteiger partial charge is 0.326 e. The van der Waals surface area contributed by atoms with Gasteiger partial charge in [0.15, 0.2) is 0 Å². The number of rotatable bonds is 6. The monoisotopic (exact) mass is 350 g/mol. The van der Waals surface area contributed by atoms with E-state index in [4.69, 9.17) is 0 Å². The van der Waals surface area contributed by atoms with Gasteiger partial charge in [0, 0.05) is 30.1 Å². The van der Waals surface area contributed by atoms with Crippen LogP contribution in [0.2, 0.25) is 0 Å². The molecule has 1 aromatic carbocycles. The molecule has 1 aliphatic rings. The molecule has 122 valence electrons. The van der Waals surface area contributed by atoms with Crippen molar-refractivity contribution in [3.05, 3.63) is 46.7 Å². The molecule has 23 heavy (non-hydrogen) atoms. The van der Waals surface area contributed by atoms with E-state index in [1.54, 1.807) is 39.9 Å². The van der Waals surface area contributed by atoms with Crippen LogP contribution in [0.15, 0.2) is 46.7 Å². The Hall–Kier alpha value is -1.70. The standard InChI is InChI=1S/C16H18N2O3S2/c1-12(19)17-13-4-8-16(9-5-13)23(20,21)18(14-6-7-14)11-15-3-2-10-22-15/h2-5,8-10,14H,6-7,11H2,1H3,(H,17,19). The van der Waals surface area contributed by atoms with Crippen LogP contribution in [0.25, 0.3) is 0 Å². The van der Waals surface area contributed by atoms with Gasteiger partial charge in [0.25, 0.3) is 0 Å². The van der Waals surface area contributed by atoms with Crippen LogP contribution in [0.4, 0.5) is 5.69 Å². The van der Waals surface area contributed by atoms with E-state index in [0.717, 1.165) is 17.7 Å². The summed E-state index contributed by atoms with van der Waals surface area (Å²) >= 11 is 1.56. The van der Waals surface area contributed by atoms with E-state index < -0.39 is 10.0 Å². The SMILES string of the molecule is CC(=O)Nc1ccc(S(=O)(=O)N(Cc2cccs2)C2CC2)cc1. The van der Waals surface area contributed by atoms with Gasteiger partial charge in [-0.15, -0.1) is 11.3 Å². The molecule has 0 bridgehead atoms. The van der Waals surface area contributed by atoms with Crippen molar-refractivity contribution in [1.82, 2.24) is 4.31 Å². The number of nitrogens with one attached hydrogen (secondary N) is 1. The molecule has 7 heteroatoms. The third-order valence-corrected chi connectivity index (χ3v) is 6.40. The summed E-state index contributed by atoms with van der Waals surface area (Å²) in [4.78, 5) is 12.3. The highest BCUT2D eigenvalue weighted by Gasteiger charge is 2.38. The van der Waals surface area contributed by atoms with Crippen LogP contribution in [0.5, 0.6) is 0 Å².